The van der Waals surface area contributed by atoms with Gasteiger partial charge in [0.25, 0.3) is 5.56 Å². The Kier molecular flexibility index (Phi) is 3.60. The quantitative estimate of drug-likeness (QED) is 0.899. The summed E-state index contributed by atoms with van der Waals surface area (Å²) >= 11 is 0. The summed E-state index contributed by atoms with van der Waals surface area (Å²) in [6.45, 7) is 5.94. The second kappa shape index (κ2) is 5.17. The third kappa shape index (κ3) is 2.35. The smallest absolute Gasteiger partial charge is 0.254 e. The third-order valence-electron chi connectivity index (χ3n) is 3.09. The Morgan fingerprint density at radius 2 is 1.94 bits per heavy atom. The van der Waals surface area contributed by atoms with Crippen LogP contribution >= 0.6 is 0 Å². The number of aromatic amines is 1. The van der Waals surface area contributed by atoms with Crippen molar-refractivity contribution in [3.63, 3.8) is 0 Å². The van der Waals surface area contributed by atoms with E-state index in [1.54, 1.807) is 0 Å². The highest BCUT2D eigenvalue weighted by Gasteiger charge is 2.10. The molecule has 0 fully saturated rings. The van der Waals surface area contributed by atoms with E-state index in [1.807, 2.05) is 38.1 Å². The Morgan fingerprint density at radius 1 is 1.22 bits per heavy atom. The first kappa shape index (κ1) is 12.6. The summed E-state index contributed by atoms with van der Waals surface area (Å²) in [6.07, 6.45) is 1.77. The molecule has 0 amide bonds. The van der Waals surface area contributed by atoms with Crippen molar-refractivity contribution in [3.05, 3.63) is 51.6 Å². The molecule has 3 nitrogen and oxygen atoms in total. The summed E-state index contributed by atoms with van der Waals surface area (Å²) in [5, 5.41) is 0. The van der Waals surface area contributed by atoms with Gasteiger partial charge in [0.05, 0.1) is 5.69 Å². The van der Waals surface area contributed by atoms with E-state index in [2.05, 4.69) is 16.9 Å². The maximum atomic E-state index is 11.9. The van der Waals surface area contributed by atoms with Crippen molar-refractivity contribution in [2.24, 2.45) is 0 Å². The van der Waals surface area contributed by atoms with Crippen LogP contribution in [0.4, 0.5) is 0 Å². The molecule has 0 radical (unpaired) electrons. The minimum Gasteiger partial charge on any atom is -0.310 e. The highest BCUT2D eigenvalue weighted by molar-refractivity contribution is 5.66. The van der Waals surface area contributed by atoms with Crippen LogP contribution < -0.4 is 5.56 Å². The summed E-state index contributed by atoms with van der Waals surface area (Å²) < 4.78 is 0. The number of rotatable bonds is 3. The molecule has 1 aromatic carbocycles. The van der Waals surface area contributed by atoms with Gasteiger partial charge in [-0.2, -0.15) is 0 Å². The number of aryl methyl sites for hydroxylation is 2. The van der Waals surface area contributed by atoms with Crippen LogP contribution in [0.25, 0.3) is 11.3 Å². The molecular weight excluding hydrogens is 224 g/mol. The van der Waals surface area contributed by atoms with Crippen molar-refractivity contribution in [2.75, 3.05) is 0 Å². The van der Waals surface area contributed by atoms with Gasteiger partial charge in [-0.25, -0.2) is 4.98 Å². The van der Waals surface area contributed by atoms with E-state index in [0.29, 0.717) is 5.56 Å². The molecular formula is C15H18N2O. The monoisotopic (exact) mass is 242 g/mol. The topological polar surface area (TPSA) is 45.8 Å². The lowest BCUT2D eigenvalue weighted by atomic mass is 10.0. The first-order chi connectivity index (χ1) is 8.63. The number of nitrogens with zero attached hydrogens (tertiary/aromatic N) is 1. The molecule has 2 rings (SSSR count). The van der Waals surface area contributed by atoms with Crippen LogP contribution in [0.15, 0.2) is 29.1 Å². The van der Waals surface area contributed by atoms with Gasteiger partial charge in [0.2, 0.25) is 0 Å². The Labute approximate surface area is 107 Å². The minimum absolute atomic E-state index is 0.0355. The van der Waals surface area contributed by atoms with Crippen LogP contribution in [0.3, 0.4) is 0 Å². The fourth-order valence-electron chi connectivity index (χ4n) is 2.04. The predicted molar refractivity (Wildman–Crippen MR) is 73.8 cm³/mol. The Bertz CT molecular complexity index is 614. The van der Waals surface area contributed by atoms with E-state index >= 15 is 0 Å². The molecule has 0 bridgehead atoms. The van der Waals surface area contributed by atoms with E-state index < -0.39 is 0 Å². The number of nitrogens with one attached hydrogen (secondary N) is 1. The highest BCUT2D eigenvalue weighted by Crippen LogP contribution is 2.22. The van der Waals surface area contributed by atoms with Crippen molar-refractivity contribution < 1.29 is 0 Å². The molecule has 1 aromatic heterocycles. The summed E-state index contributed by atoms with van der Waals surface area (Å²) in [7, 11) is 0. The zero-order valence-corrected chi connectivity index (χ0v) is 11.1. The van der Waals surface area contributed by atoms with Gasteiger partial charge in [0.15, 0.2) is 0 Å². The molecule has 0 aliphatic rings. The van der Waals surface area contributed by atoms with E-state index in [4.69, 9.17) is 0 Å². The summed E-state index contributed by atoms with van der Waals surface area (Å²) in [5.74, 6) is 0.770. The van der Waals surface area contributed by atoms with Gasteiger partial charge >= 0.3 is 0 Å². The molecule has 2 aromatic rings. The number of benzene rings is 1. The predicted octanol–water partition coefficient (Wildman–Crippen LogP) is 3.01. The Morgan fingerprint density at radius 3 is 2.61 bits per heavy atom. The van der Waals surface area contributed by atoms with Crippen molar-refractivity contribution in [2.45, 2.75) is 33.6 Å². The maximum Gasteiger partial charge on any atom is 0.254 e. The second-order valence-electron chi connectivity index (χ2n) is 4.55. The van der Waals surface area contributed by atoms with E-state index in [9.17, 15) is 4.79 Å². The van der Waals surface area contributed by atoms with Crippen molar-refractivity contribution in [3.8, 4) is 11.3 Å². The maximum absolute atomic E-state index is 11.9. The van der Waals surface area contributed by atoms with Crippen molar-refractivity contribution >= 4 is 0 Å². The average Bonchev–Trinajstić information content (AvgIpc) is 2.35. The van der Waals surface area contributed by atoms with Gasteiger partial charge in [0.1, 0.15) is 5.82 Å². The Hall–Kier alpha value is -1.90. The number of H-pyrrole nitrogens is 1. The lowest BCUT2D eigenvalue weighted by molar-refractivity contribution is 0.822. The second-order valence-corrected chi connectivity index (χ2v) is 4.55. The van der Waals surface area contributed by atoms with Crippen LogP contribution in [0, 0.1) is 13.8 Å². The lowest BCUT2D eigenvalue weighted by Gasteiger charge is -2.09. The molecule has 0 saturated heterocycles. The van der Waals surface area contributed by atoms with Gasteiger partial charge < -0.3 is 4.98 Å². The van der Waals surface area contributed by atoms with Crippen LogP contribution in [0.2, 0.25) is 0 Å². The summed E-state index contributed by atoms with van der Waals surface area (Å²) in [6, 6.07) is 8.02. The minimum atomic E-state index is -0.0355. The molecule has 94 valence electrons. The molecule has 0 unspecified atom stereocenters. The largest absolute Gasteiger partial charge is 0.310 e. The van der Waals surface area contributed by atoms with Gasteiger partial charge in [-0.1, -0.05) is 31.2 Å². The van der Waals surface area contributed by atoms with Gasteiger partial charge in [-0.3, -0.25) is 4.79 Å². The van der Waals surface area contributed by atoms with E-state index in [1.165, 1.54) is 0 Å². The zero-order chi connectivity index (χ0) is 13.1. The summed E-state index contributed by atoms with van der Waals surface area (Å²) in [4.78, 5) is 19.4. The standard InChI is InChI=1S/C15H18N2O/c1-4-7-13-16-14(11(3)15(18)17-13)12-9-6-5-8-10(12)2/h5-6,8-9H,4,7H2,1-3H3,(H,16,17,18). The number of aromatic nitrogens is 2. The molecule has 18 heavy (non-hydrogen) atoms. The Balaban J connectivity index is 2.63. The normalized spacial score (nSPS) is 10.6. The lowest BCUT2D eigenvalue weighted by Crippen LogP contribution is -2.16. The molecule has 0 spiro atoms. The fourth-order valence-corrected chi connectivity index (χ4v) is 2.04. The molecule has 3 heteroatoms. The SMILES string of the molecule is CCCc1nc(-c2ccccc2C)c(C)c(=O)[nH]1. The van der Waals surface area contributed by atoms with E-state index in [0.717, 1.165) is 35.5 Å². The molecule has 1 heterocycles. The van der Waals surface area contributed by atoms with Crippen LogP contribution in [0.5, 0.6) is 0 Å². The van der Waals surface area contributed by atoms with Crippen molar-refractivity contribution in [1.82, 2.24) is 9.97 Å². The zero-order valence-electron chi connectivity index (χ0n) is 11.1. The third-order valence-corrected chi connectivity index (χ3v) is 3.09. The fraction of sp³-hybridized carbons (Fsp3) is 0.333. The van der Waals surface area contributed by atoms with E-state index in [-0.39, 0.29) is 5.56 Å². The van der Waals surface area contributed by atoms with Crippen LogP contribution in [0.1, 0.15) is 30.3 Å². The van der Waals surface area contributed by atoms with Gasteiger partial charge in [-0.15, -0.1) is 0 Å². The summed E-state index contributed by atoms with van der Waals surface area (Å²) in [5.41, 5.74) is 3.63. The first-order valence-electron chi connectivity index (χ1n) is 6.29. The van der Waals surface area contributed by atoms with Crippen molar-refractivity contribution in [1.29, 1.82) is 0 Å². The number of hydrogen-bond acceptors (Lipinski definition) is 2. The highest BCUT2D eigenvalue weighted by atomic mass is 16.1. The number of hydrogen-bond donors (Lipinski definition) is 1. The first-order valence-corrected chi connectivity index (χ1v) is 6.29. The molecule has 0 atom stereocenters. The molecule has 0 saturated carbocycles. The molecule has 0 aliphatic carbocycles. The van der Waals surface area contributed by atoms with Crippen LogP contribution in [-0.4, -0.2) is 9.97 Å². The van der Waals surface area contributed by atoms with Crippen LogP contribution in [-0.2, 0) is 6.42 Å². The molecule has 1 N–H and O–H groups in total. The van der Waals surface area contributed by atoms with Gasteiger partial charge in [0, 0.05) is 17.5 Å². The molecule has 0 aliphatic heterocycles. The van der Waals surface area contributed by atoms with Gasteiger partial charge in [-0.05, 0) is 25.8 Å². The average molecular weight is 242 g/mol.